The summed E-state index contributed by atoms with van der Waals surface area (Å²) < 4.78 is 2.10. The molecule has 7 nitrogen and oxygen atoms in total. The minimum atomic E-state index is -0.340. The van der Waals surface area contributed by atoms with E-state index in [2.05, 4.69) is 28.8 Å². The molecule has 1 saturated heterocycles. The third-order valence-electron chi connectivity index (χ3n) is 7.47. The van der Waals surface area contributed by atoms with Crippen LogP contribution in [0.2, 0.25) is 5.02 Å². The van der Waals surface area contributed by atoms with E-state index in [0.717, 1.165) is 52.9 Å². The average molecular weight is 544 g/mol. The number of amides is 2. The zero-order valence-corrected chi connectivity index (χ0v) is 22.7. The van der Waals surface area contributed by atoms with Crippen molar-refractivity contribution in [3.05, 3.63) is 89.2 Å². The predicted molar refractivity (Wildman–Crippen MR) is 155 cm³/mol. The van der Waals surface area contributed by atoms with Crippen molar-refractivity contribution in [3.8, 4) is 11.1 Å². The highest BCUT2D eigenvalue weighted by atomic mass is 35.5. The number of nitrogens with two attached hydrogens (primary N) is 2. The summed E-state index contributed by atoms with van der Waals surface area (Å²) in [5.74, 6) is 0.747. The largest absolute Gasteiger partial charge is 0.370 e. The number of nitrogens with zero attached hydrogens (tertiary/aromatic N) is 3. The molecule has 2 atom stereocenters. The van der Waals surface area contributed by atoms with Gasteiger partial charge in [0.1, 0.15) is 5.82 Å². The Morgan fingerprint density at radius 2 is 1.69 bits per heavy atom. The fourth-order valence-corrected chi connectivity index (χ4v) is 5.61. The number of hydrogen-bond donors (Lipinski definition) is 2. The van der Waals surface area contributed by atoms with E-state index >= 15 is 0 Å². The van der Waals surface area contributed by atoms with E-state index in [1.807, 2.05) is 53.4 Å². The summed E-state index contributed by atoms with van der Waals surface area (Å²) in [6.45, 7) is 1.80. The molecule has 2 heterocycles. The first-order valence-electron chi connectivity index (χ1n) is 13.5. The smallest absolute Gasteiger partial charge is 0.224 e. The molecule has 1 aromatic heterocycles. The molecule has 39 heavy (non-hydrogen) atoms. The third kappa shape index (κ3) is 6.49. The van der Waals surface area contributed by atoms with Crippen LogP contribution in [0, 0.1) is 0 Å². The molecule has 0 spiro atoms. The second kappa shape index (κ2) is 12.0. The molecular weight excluding hydrogens is 510 g/mol. The standard InChI is InChI=1S/C31H34ClN5O2/c32-25-13-11-23(12-14-25)22-9-7-21(8-10-22)18-26(33)19-30(39)36-16-3-4-24(20-36)31-35-27-5-1-2-6-28(27)37(31)17-15-29(34)38/h1-2,5-14,24,26H,3-4,15-20,33H2,(H2,34,38)/t24-,26-/m1/s1. The van der Waals surface area contributed by atoms with Gasteiger partial charge in [-0.1, -0.05) is 60.1 Å². The van der Waals surface area contributed by atoms with Crippen molar-refractivity contribution in [2.75, 3.05) is 13.1 Å². The van der Waals surface area contributed by atoms with Gasteiger partial charge < -0.3 is 20.9 Å². The second-order valence-corrected chi connectivity index (χ2v) is 10.8. The molecule has 0 unspecified atom stereocenters. The van der Waals surface area contributed by atoms with Gasteiger partial charge in [0.25, 0.3) is 0 Å². The number of aromatic nitrogens is 2. The number of imidazole rings is 1. The van der Waals surface area contributed by atoms with Crippen molar-refractivity contribution in [2.24, 2.45) is 11.5 Å². The average Bonchev–Trinajstić information content (AvgIpc) is 3.31. The summed E-state index contributed by atoms with van der Waals surface area (Å²) in [6.07, 6.45) is 3.02. The van der Waals surface area contributed by atoms with Gasteiger partial charge in [0.05, 0.1) is 11.0 Å². The molecule has 1 aliphatic rings. The van der Waals surface area contributed by atoms with Crippen LogP contribution in [0.25, 0.3) is 22.2 Å². The fourth-order valence-electron chi connectivity index (χ4n) is 5.48. The zero-order chi connectivity index (χ0) is 27.4. The van der Waals surface area contributed by atoms with Crippen LogP contribution in [0.4, 0.5) is 0 Å². The molecule has 3 aromatic carbocycles. The lowest BCUT2D eigenvalue weighted by Crippen LogP contribution is -2.42. The molecular formula is C31H34ClN5O2. The third-order valence-corrected chi connectivity index (χ3v) is 7.72. The van der Waals surface area contributed by atoms with Crippen LogP contribution in [0.15, 0.2) is 72.8 Å². The summed E-state index contributed by atoms with van der Waals surface area (Å²) >= 11 is 6.00. The highest BCUT2D eigenvalue weighted by molar-refractivity contribution is 6.30. The van der Waals surface area contributed by atoms with Crippen molar-refractivity contribution in [1.29, 1.82) is 0 Å². The van der Waals surface area contributed by atoms with Gasteiger partial charge in [-0.3, -0.25) is 9.59 Å². The molecule has 5 rings (SSSR count). The number of aryl methyl sites for hydroxylation is 1. The van der Waals surface area contributed by atoms with Crippen molar-refractivity contribution in [2.45, 2.75) is 50.6 Å². The first-order chi connectivity index (χ1) is 18.9. The minimum absolute atomic E-state index is 0.0739. The number of carbonyl (C=O) groups is 2. The highest BCUT2D eigenvalue weighted by Crippen LogP contribution is 2.30. The van der Waals surface area contributed by atoms with E-state index in [1.165, 1.54) is 0 Å². The number of para-hydroxylation sites is 2. The van der Waals surface area contributed by atoms with Gasteiger partial charge in [-0.2, -0.15) is 0 Å². The SMILES string of the molecule is NC(=O)CCn1c([C@@H]2CCCN(C(=O)C[C@H](N)Cc3ccc(-c4ccc(Cl)cc4)cc3)C2)nc2ccccc21. The van der Waals surface area contributed by atoms with Crippen molar-refractivity contribution < 1.29 is 9.59 Å². The van der Waals surface area contributed by atoms with Crippen molar-refractivity contribution >= 4 is 34.4 Å². The van der Waals surface area contributed by atoms with Crippen LogP contribution >= 0.6 is 11.6 Å². The van der Waals surface area contributed by atoms with Gasteiger partial charge in [0.15, 0.2) is 0 Å². The molecule has 0 aliphatic carbocycles. The first kappa shape index (κ1) is 26.9. The van der Waals surface area contributed by atoms with Crippen molar-refractivity contribution in [1.82, 2.24) is 14.5 Å². The van der Waals surface area contributed by atoms with Crippen LogP contribution in [0.5, 0.6) is 0 Å². The molecule has 1 fully saturated rings. The molecule has 0 radical (unpaired) electrons. The van der Waals surface area contributed by atoms with Gasteiger partial charge in [-0.25, -0.2) is 4.98 Å². The van der Waals surface area contributed by atoms with Gasteiger partial charge in [0.2, 0.25) is 11.8 Å². The quantitative estimate of drug-likeness (QED) is 0.313. The molecule has 0 bridgehead atoms. The minimum Gasteiger partial charge on any atom is -0.370 e. The fraction of sp³-hybridized carbons (Fsp3) is 0.323. The van der Waals surface area contributed by atoms with E-state index in [-0.39, 0.29) is 30.2 Å². The van der Waals surface area contributed by atoms with E-state index < -0.39 is 0 Å². The van der Waals surface area contributed by atoms with E-state index in [1.54, 1.807) is 0 Å². The Bertz CT molecular complexity index is 1450. The number of hydrogen-bond acceptors (Lipinski definition) is 4. The molecule has 4 aromatic rings. The predicted octanol–water partition coefficient (Wildman–Crippen LogP) is 4.90. The summed E-state index contributed by atoms with van der Waals surface area (Å²) in [7, 11) is 0. The number of halogens is 1. The Morgan fingerprint density at radius 1 is 1.00 bits per heavy atom. The summed E-state index contributed by atoms with van der Waals surface area (Å²) in [4.78, 5) is 31.6. The van der Waals surface area contributed by atoms with Crippen LogP contribution in [0.3, 0.4) is 0 Å². The number of piperidine rings is 1. The summed E-state index contributed by atoms with van der Waals surface area (Å²) in [6, 6.07) is 23.7. The van der Waals surface area contributed by atoms with Gasteiger partial charge in [-0.05, 0) is 60.2 Å². The Balaban J connectivity index is 1.22. The van der Waals surface area contributed by atoms with Gasteiger partial charge in [0, 0.05) is 49.5 Å². The van der Waals surface area contributed by atoms with E-state index in [9.17, 15) is 9.59 Å². The molecule has 202 valence electrons. The second-order valence-electron chi connectivity index (χ2n) is 10.4. The monoisotopic (exact) mass is 543 g/mol. The van der Waals surface area contributed by atoms with Crippen LogP contribution in [0.1, 0.15) is 43.0 Å². The molecule has 0 saturated carbocycles. The number of primary amides is 1. The topological polar surface area (TPSA) is 107 Å². The normalized spacial score (nSPS) is 16.4. The Morgan fingerprint density at radius 3 is 2.41 bits per heavy atom. The first-order valence-corrected chi connectivity index (χ1v) is 13.9. The molecule has 2 amide bonds. The molecule has 8 heteroatoms. The van der Waals surface area contributed by atoms with Gasteiger partial charge >= 0.3 is 0 Å². The van der Waals surface area contributed by atoms with Crippen LogP contribution in [-0.2, 0) is 22.6 Å². The lowest BCUT2D eigenvalue weighted by molar-refractivity contribution is -0.132. The zero-order valence-electron chi connectivity index (χ0n) is 21.9. The molecule has 1 aliphatic heterocycles. The van der Waals surface area contributed by atoms with Gasteiger partial charge in [-0.15, -0.1) is 0 Å². The number of likely N-dealkylation sites (tertiary alicyclic amines) is 1. The number of rotatable bonds is 9. The Hall–Kier alpha value is -3.68. The number of fused-ring (bicyclic) bond motifs is 1. The molecule has 4 N–H and O–H groups in total. The maximum Gasteiger partial charge on any atom is 0.224 e. The maximum absolute atomic E-state index is 13.3. The van der Waals surface area contributed by atoms with E-state index in [0.29, 0.717) is 31.0 Å². The summed E-state index contributed by atoms with van der Waals surface area (Å²) in [5.41, 5.74) is 17.1. The van der Waals surface area contributed by atoms with Crippen LogP contribution < -0.4 is 11.5 Å². The van der Waals surface area contributed by atoms with E-state index in [4.69, 9.17) is 28.1 Å². The van der Waals surface area contributed by atoms with Crippen molar-refractivity contribution in [3.63, 3.8) is 0 Å². The Kier molecular flexibility index (Phi) is 8.29. The number of benzene rings is 3. The Labute approximate surface area is 233 Å². The van der Waals surface area contributed by atoms with Crippen LogP contribution in [-0.4, -0.2) is 45.4 Å². The lowest BCUT2D eigenvalue weighted by Gasteiger charge is -2.33. The lowest BCUT2D eigenvalue weighted by atomic mass is 9.95. The number of carbonyl (C=O) groups excluding carboxylic acids is 2. The summed E-state index contributed by atoms with van der Waals surface area (Å²) in [5, 5.41) is 0.716. The maximum atomic E-state index is 13.3. The highest BCUT2D eigenvalue weighted by Gasteiger charge is 2.29.